The van der Waals surface area contributed by atoms with Gasteiger partial charge in [0.05, 0.1) is 25.2 Å². The van der Waals surface area contributed by atoms with E-state index in [1.807, 2.05) is 18.5 Å². The maximum atomic E-state index is 13.0. The summed E-state index contributed by atoms with van der Waals surface area (Å²) in [4.78, 5) is 6.83. The predicted octanol–water partition coefficient (Wildman–Crippen LogP) is 4.03. The lowest BCUT2D eigenvalue weighted by atomic mass is 9.97. The Balaban J connectivity index is 1.75. The molecule has 4 heteroatoms. The molecule has 3 rings (SSSR count). The van der Waals surface area contributed by atoms with E-state index in [-0.39, 0.29) is 5.82 Å². The average molecular weight is 326 g/mol. The second-order valence-corrected chi connectivity index (χ2v) is 6.26. The Labute approximate surface area is 142 Å². The lowest BCUT2D eigenvalue weighted by Gasteiger charge is -2.24. The first kappa shape index (κ1) is 16.7. The molecule has 0 bridgehead atoms. The fourth-order valence-corrected chi connectivity index (χ4v) is 2.85. The van der Waals surface area contributed by atoms with Crippen LogP contribution in [-0.2, 0) is 11.2 Å². The van der Waals surface area contributed by atoms with E-state index < -0.39 is 0 Å². The number of hydrogen-bond acceptors (Lipinski definition) is 2. The molecule has 2 aromatic carbocycles. The molecule has 0 atom stereocenters. The number of ether oxygens (including phenoxy) is 1. The maximum absolute atomic E-state index is 13.0. The molecule has 0 amide bonds. The highest BCUT2D eigenvalue weighted by Gasteiger charge is 2.08. The van der Waals surface area contributed by atoms with Gasteiger partial charge in [-0.05, 0) is 60.7 Å². The molecule has 1 fully saturated rings. The fraction of sp³-hybridized carbons (Fsp3) is 0.350. The summed E-state index contributed by atoms with van der Waals surface area (Å²) in [6, 6.07) is 11.0. The minimum absolute atomic E-state index is 0.195. The summed E-state index contributed by atoms with van der Waals surface area (Å²) in [7, 11) is 0. The van der Waals surface area contributed by atoms with Crippen molar-refractivity contribution in [1.29, 1.82) is 0 Å². The van der Waals surface area contributed by atoms with Gasteiger partial charge in [-0.2, -0.15) is 0 Å². The molecule has 0 saturated carbocycles. The number of halogens is 1. The second kappa shape index (κ2) is 7.58. The predicted molar refractivity (Wildman–Crippen MR) is 95.7 cm³/mol. The van der Waals surface area contributed by atoms with Gasteiger partial charge in [0.2, 0.25) is 0 Å². The monoisotopic (exact) mass is 326 g/mol. The van der Waals surface area contributed by atoms with Crippen LogP contribution >= 0.6 is 0 Å². The van der Waals surface area contributed by atoms with Gasteiger partial charge in [-0.25, -0.2) is 9.38 Å². The Morgan fingerprint density at radius 2 is 1.79 bits per heavy atom. The van der Waals surface area contributed by atoms with Gasteiger partial charge in [-0.1, -0.05) is 18.2 Å². The Kier molecular flexibility index (Phi) is 5.26. The molecular weight excluding hydrogens is 303 g/mol. The highest BCUT2D eigenvalue weighted by atomic mass is 19.1. The molecule has 2 aromatic rings. The van der Waals surface area contributed by atoms with Crippen LogP contribution < -0.4 is 0 Å². The highest BCUT2D eigenvalue weighted by molar-refractivity contribution is 5.64. The van der Waals surface area contributed by atoms with Crippen LogP contribution in [0.25, 0.3) is 0 Å². The van der Waals surface area contributed by atoms with Crippen LogP contribution in [0.2, 0.25) is 0 Å². The smallest absolute Gasteiger partial charge is 0.123 e. The largest absolute Gasteiger partial charge is 0.378 e. The van der Waals surface area contributed by atoms with Gasteiger partial charge in [-0.15, -0.1) is 0 Å². The quantitative estimate of drug-likeness (QED) is 0.626. The van der Waals surface area contributed by atoms with Crippen molar-refractivity contribution in [3.63, 3.8) is 0 Å². The van der Waals surface area contributed by atoms with Crippen LogP contribution in [0.5, 0.6) is 0 Å². The molecule has 1 heterocycles. The van der Waals surface area contributed by atoms with Crippen LogP contribution in [-0.4, -0.2) is 37.5 Å². The summed E-state index contributed by atoms with van der Waals surface area (Å²) < 4.78 is 18.4. The first-order valence-electron chi connectivity index (χ1n) is 8.32. The number of benzene rings is 2. The lowest BCUT2D eigenvalue weighted by molar-refractivity contribution is 0.0701. The highest BCUT2D eigenvalue weighted by Crippen LogP contribution is 2.25. The number of hydrogen-bond donors (Lipinski definition) is 0. The van der Waals surface area contributed by atoms with E-state index >= 15 is 0 Å². The van der Waals surface area contributed by atoms with Crippen molar-refractivity contribution >= 4 is 12.0 Å². The zero-order valence-corrected chi connectivity index (χ0v) is 14.3. The van der Waals surface area contributed by atoms with Crippen molar-refractivity contribution in [2.45, 2.75) is 20.3 Å². The van der Waals surface area contributed by atoms with E-state index in [0.29, 0.717) is 0 Å². The summed E-state index contributed by atoms with van der Waals surface area (Å²) in [5, 5.41) is 0. The summed E-state index contributed by atoms with van der Waals surface area (Å²) in [6.45, 7) is 7.50. The molecule has 126 valence electrons. The van der Waals surface area contributed by atoms with Gasteiger partial charge in [-0.3, -0.25) is 0 Å². The lowest BCUT2D eigenvalue weighted by Crippen LogP contribution is -2.35. The van der Waals surface area contributed by atoms with Crippen molar-refractivity contribution in [2.75, 3.05) is 26.3 Å². The third-order valence-electron chi connectivity index (χ3n) is 4.37. The maximum Gasteiger partial charge on any atom is 0.123 e. The Morgan fingerprint density at radius 3 is 2.50 bits per heavy atom. The molecular formula is C20H23FN2O. The van der Waals surface area contributed by atoms with Gasteiger partial charge in [0.1, 0.15) is 5.82 Å². The molecule has 1 saturated heterocycles. The van der Waals surface area contributed by atoms with Crippen LogP contribution in [0.3, 0.4) is 0 Å². The SMILES string of the molecule is Cc1cc(/N=C/N2CCOCC2)c(C)cc1Cc1ccc(F)cc1. The zero-order valence-electron chi connectivity index (χ0n) is 14.3. The van der Waals surface area contributed by atoms with E-state index in [1.165, 1.54) is 23.3 Å². The van der Waals surface area contributed by atoms with Crippen molar-refractivity contribution in [1.82, 2.24) is 4.90 Å². The van der Waals surface area contributed by atoms with Crippen LogP contribution in [0.1, 0.15) is 22.3 Å². The van der Waals surface area contributed by atoms with E-state index in [9.17, 15) is 4.39 Å². The second-order valence-electron chi connectivity index (χ2n) is 6.26. The molecule has 3 nitrogen and oxygen atoms in total. The average Bonchev–Trinajstić information content (AvgIpc) is 2.59. The number of rotatable bonds is 4. The topological polar surface area (TPSA) is 24.8 Å². The molecule has 1 aliphatic rings. The number of morpholine rings is 1. The van der Waals surface area contributed by atoms with E-state index in [0.717, 1.165) is 49.5 Å². The molecule has 0 aromatic heterocycles. The van der Waals surface area contributed by atoms with E-state index in [1.54, 1.807) is 0 Å². The molecule has 0 N–H and O–H groups in total. The normalized spacial score (nSPS) is 15.2. The molecule has 0 unspecified atom stereocenters. The Bertz CT molecular complexity index is 719. The van der Waals surface area contributed by atoms with Gasteiger partial charge in [0.15, 0.2) is 0 Å². The summed E-state index contributed by atoms with van der Waals surface area (Å²) in [5.74, 6) is -0.195. The van der Waals surface area contributed by atoms with Gasteiger partial charge < -0.3 is 9.64 Å². The third-order valence-corrected chi connectivity index (χ3v) is 4.37. The first-order valence-corrected chi connectivity index (χ1v) is 8.32. The van der Waals surface area contributed by atoms with Crippen molar-refractivity contribution in [3.8, 4) is 0 Å². The van der Waals surface area contributed by atoms with Crippen molar-refractivity contribution < 1.29 is 9.13 Å². The summed E-state index contributed by atoms with van der Waals surface area (Å²) in [5.41, 5.74) is 5.73. The molecule has 1 aliphatic heterocycles. The Hall–Kier alpha value is -2.20. The van der Waals surface area contributed by atoms with Gasteiger partial charge in [0.25, 0.3) is 0 Å². The molecule has 24 heavy (non-hydrogen) atoms. The number of aryl methyl sites for hydroxylation is 2. The minimum Gasteiger partial charge on any atom is -0.378 e. The number of aliphatic imine (C=N–C) groups is 1. The van der Waals surface area contributed by atoms with Crippen LogP contribution in [0.4, 0.5) is 10.1 Å². The van der Waals surface area contributed by atoms with Gasteiger partial charge in [0, 0.05) is 13.1 Å². The van der Waals surface area contributed by atoms with Crippen LogP contribution in [0.15, 0.2) is 41.4 Å². The standard InChI is InChI=1S/C20H23FN2O/c1-15-12-20(22-14-23-7-9-24-10-8-23)16(2)11-18(15)13-17-3-5-19(21)6-4-17/h3-6,11-12,14H,7-10,13H2,1-2H3/b22-14+. The summed E-state index contributed by atoms with van der Waals surface area (Å²) >= 11 is 0. The zero-order chi connectivity index (χ0) is 16.9. The fourth-order valence-electron chi connectivity index (χ4n) is 2.85. The molecule has 0 spiro atoms. The third kappa shape index (κ3) is 4.20. The Morgan fingerprint density at radius 1 is 1.08 bits per heavy atom. The van der Waals surface area contributed by atoms with E-state index in [2.05, 4.69) is 35.9 Å². The van der Waals surface area contributed by atoms with Gasteiger partial charge >= 0.3 is 0 Å². The van der Waals surface area contributed by atoms with Crippen molar-refractivity contribution in [2.24, 2.45) is 4.99 Å². The number of nitrogens with zero attached hydrogens (tertiary/aromatic N) is 2. The first-order chi connectivity index (χ1) is 11.6. The van der Waals surface area contributed by atoms with Crippen molar-refractivity contribution in [3.05, 3.63) is 64.5 Å². The minimum atomic E-state index is -0.195. The van der Waals surface area contributed by atoms with E-state index in [4.69, 9.17) is 4.74 Å². The molecule has 0 aliphatic carbocycles. The summed E-state index contributed by atoms with van der Waals surface area (Å²) in [6.07, 6.45) is 2.73. The molecule has 0 radical (unpaired) electrons. The van der Waals surface area contributed by atoms with Crippen LogP contribution in [0, 0.1) is 19.7 Å².